The van der Waals surface area contributed by atoms with E-state index in [9.17, 15) is 18.0 Å². The number of rotatable bonds is 6. The molecule has 48 heavy (non-hydrogen) atoms. The summed E-state index contributed by atoms with van der Waals surface area (Å²) in [6.07, 6.45) is 4.56. The van der Waals surface area contributed by atoms with Crippen molar-refractivity contribution >= 4 is 45.0 Å². The third-order valence-electron chi connectivity index (χ3n) is 9.51. The summed E-state index contributed by atoms with van der Waals surface area (Å²) in [6, 6.07) is 13.1. The van der Waals surface area contributed by atoms with Crippen molar-refractivity contribution in [3.8, 4) is 11.1 Å². The monoisotopic (exact) mass is 692 g/mol. The lowest BCUT2D eigenvalue weighted by Gasteiger charge is -2.50. The van der Waals surface area contributed by atoms with Crippen molar-refractivity contribution in [1.29, 1.82) is 0 Å². The summed E-state index contributed by atoms with van der Waals surface area (Å²) in [5.41, 5.74) is 8.36. The highest BCUT2D eigenvalue weighted by atomic mass is 35.5. The minimum atomic E-state index is -4.19. The van der Waals surface area contributed by atoms with Gasteiger partial charge in [0.2, 0.25) is 0 Å². The van der Waals surface area contributed by atoms with Crippen LogP contribution in [0.2, 0.25) is 5.02 Å². The van der Waals surface area contributed by atoms with Crippen LogP contribution in [0.15, 0.2) is 65.8 Å². The normalized spacial score (nSPS) is 20.4. The molecule has 2 aromatic carbocycles. The van der Waals surface area contributed by atoms with E-state index in [0.717, 1.165) is 18.4 Å². The first-order valence-electron chi connectivity index (χ1n) is 16.2. The topological polar surface area (TPSA) is 133 Å². The molecule has 2 unspecified atom stereocenters. The zero-order valence-corrected chi connectivity index (χ0v) is 30.4. The number of hydrogen-bond donors (Lipinski definition) is 2. The molecule has 9 nitrogen and oxygen atoms in total. The second-order valence-corrected chi connectivity index (χ2v) is 17.5. The number of esters is 1. The lowest BCUT2D eigenvalue weighted by atomic mass is 9.59. The molecule has 3 N–H and O–H groups in total. The van der Waals surface area contributed by atoms with E-state index in [1.165, 1.54) is 22.7 Å². The Morgan fingerprint density at radius 3 is 2.04 bits per heavy atom. The quantitative estimate of drug-likeness (QED) is 0.196. The number of aromatic nitrogens is 2. The van der Waals surface area contributed by atoms with Gasteiger partial charge in [-0.25, -0.2) is 22.9 Å². The molecule has 1 saturated carbocycles. The van der Waals surface area contributed by atoms with Crippen LogP contribution >= 0.6 is 11.6 Å². The number of ether oxygens (including phenoxy) is 1. The number of anilines is 1. The Morgan fingerprint density at radius 2 is 1.50 bits per heavy atom. The van der Waals surface area contributed by atoms with Crippen molar-refractivity contribution in [2.75, 3.05) is 5.73 Å². The van der Waals surface area contributed by atoms with Gasteiger partial charge in [0.05, 0.1) is 10.5 Å². The number of nitrogen functional groups attached to an aromatic ring is 1. The summed E-state index contributed by atoms with van der Waals surface area (Å²) in [6.45, 7) is 17.2. The highest BCUT2D eigenvalue weighted by Gasteiger charge is 2.48. The number of carbonyl (C=O) groups is 2. The van der Waals surface area contributed by atoms with Gasteiger partial charge in [-0.1, -0.05) is 89.9 Å². The Balaban J connectivity index is 1.59. The molecule has 256 valence electrons. The Kier molecular flexibility index (Phi) is 9.49. The summed E-state index contributed by atoms with van der Waals surface area (Å²) in [5.74, 6) is -1.02. The molecule has 1 amide bonds. The van der Waals surface area contributed by atoms with E-state index in [1.54, 1.807) is 42.6 Å². The fourth-order valence-electron chi connectivity index (χ4n) is 6.84. The third kappa shape index (κ3) is 7.25. The largest absolute Gasteiger partial charge is 0.458 e. The third-order valence-corrected chi connectivity index (χ3v) is 11.1. The zero-order chi connectivity index (χ0) is 35.3. The molecule has 1 aliphatic rings. The molecule has 1 fully saturated rings. The number of sulfonamides is 1. The van der Waals surface area contributed by atoms with Gasteiger partial charge in [-0.05, 0) is 66.3 Å². The van der Waals surface area contributed by atoms with Gasteiger partial charge >= 0.3 is 5.97 Å². The maximum Gasteiger partial charge on any atom is 0.342 e. The van der Waals surface area contributed by atoms with E-state index in [-0.39, 0.29) is 56.3 Å². The Morgan fingerprint density at radius 1 is 0.938 bits per heavy atom. The smallest absolute Gasteiger partial charge is 0.342 e. The van der Waals surface area contributed by atoms with Gasteiger partial charge in [-0.2, -0.15) is 0 Å². The molecule has 2 aromatic heterocycles. The zero-order valence-electron chi connectivity index (χ0n) is 28.8. The van der Waals surface area contributed by atoms with Crippen molar-refractivity contribution in [1.82, 2.24) is 14.1 Å². The summed E-state index contributed by atoms with van der Waals surface area (Å²) >= 11 is 6.20. The van der Waals surface area contributed by atoms with Gasteiger partial charge in [0.1, 0.15) is 17.5 Å². The summed E-state index contributed by atoms with van der Waals surface area (Å²) < 4.78 is 36.2. The van der Waals surface area contributed by atoms with Gasteiger partial charge in [0.15, 0.2) is 5.65 Å². The molecule has 5 rings (SSSR count). The number of aryl methyl sites for hydroxylation is 1. The van der Waals surface area contributed by atoms with Crippen LogP contribution in [0, 0.1) is 35.5 Å². The van der Waals surface area contributed by atoms with Gasteiger partial charge in [-0.3, -0.25) is 4.79 Å². The van der Waals surface area contributed by atoms with Crippen LogP contribution < -0.4 is 10.5 Å². The first kappa shape index (κ1) is 35.4. The first-order chi connectivity index (χ1) is 22.3. The van der Waals surface area contributed by atoms with Gasteiger partial charge in [-0.15, -0.1) is 0 Å². The Hall–Kier alpha value is -3.89. The molecule has 0 aliphatic heterocycles. The van der Waals surface area contributed by atoms with Crippen LogP contribution in [0.25, 0.3) is 16.8 Å². The van der Waals surface area contributed by atoms with E-state index >= 15 is 0 Å². The minimum Gasteiger partial charge on any atom is -0.458 e. The Bertz CT molecular complexity index is 1930. The molecule has 2 heterocycles. The van der Waals surface area contributed by atoms with Crippen LogP contribution in [-0.2, 0) is 14.8 Å². The van der Waals surface area contributed by atoms with Crippen LogP contribution in [0.4, 0.5) is 5.82 Å². The molecule has 0 bridgehead atoms. The van der Waals surface area contributed by atoms with E-state index < -0.39 is 21.9 Å². The van der Waals surface area contributed by atoms with Crippen LogP contribution in [0.3, 0.4) is 0 Å². The van der Waals surface area contributed by atoms with E-state index in [0.29, 0.717) is 22.1 Å². The SMILES string of the molecule is Cc1ccc(S(=O)(=O)NC(=O)c2cn3cc(-c4ccc(Cl)cc4)c(C(=O)OC4C(C(C)(C)C)CC(C)CC4C(C)(C)C)c3nc2N)cc1. The second-order valence-electron chi connectivity index (χ2n) is 15.3. The maximum atomic E-state index is 14.5. The predicted octanol–water partition coefficient (Wildman–Crippen LogP) is 7.94. The number of hydrogen-bond acceptors (Lipinski definition) is 7. The predicted molar refractivity (Wildman–Crippen MR) is 189 cm³/mol. The van der Waals surface area contributed by atoms with Crippen LogP contribution in [-0.4, -0.2) is 35.8 Å². The van der Waals surface area contributed by atoms with Crippen molar-refractivity contribution in [3.63, 3.8) is 0 Å². The number of nitrogens with one attached hydrogen (secondary N) is 1. The average molecular weight is 693 g/mol. The maximum absolute atomic E-state index is 14.5. The van der Waals surface area contributed by atoms with Gasteiger partial charge in [0.25, 0.3) is 15.9 Å². The number of amides is 1. The number of nitrogens with two attached hydrogens (primary N) is 1. The average Bonchev–Trinajstić information content (AvgIpc) is 3.35. The van der Waals surface area contributed by atoms with Crippen molar-refractivity contribution in [3.05, 3.63) is 82.6 Å². The number of halogens is 1. The van der Waals surface area contributed by atoms with Gasteiger partial charge < -0.3 is 14.9 Å². The summed E-state index contributed by atoms with van der Waals surface area (Å²) in [4.78, 5) is 32.2. The van der Waals surface area contributed by atoms with Crippen LogP contribution in [0.1, 0.15) is 87.6 Å². The second kappa shape index (κ2) is 12.9. The van der Waals surface area contributed by atoms with Crippen molar-refractivity contribution < 1.29 is 22.7 Å². The lowest BCUT2D eigenvalue weighted by Crippen LogP contribution is -2.49. The number of benzene rings is 2. The highest BCUT2D eigenvalue weighted by Crippen LogP contribution is 2.50. The van der Waals surface area contributed by atoms with Crippen molar-refractivity contribution in [2.24, 2.45) is 28.6 Å². The molecule has 1 aliphatic carbocycles. The standard InChI is InChI=1S/C37H45ClN4O5S/c1-21-9-15-25(16-10-21)48(45,46)41-34(43)27-20-42-19-26(23-11-13-24(38)14-12-23)30(33(42)40-32(27)39)35(44)47-31-28(36(3,4)5)17-22(2)18-29(31)37(6,7)8/h9-16,19-20,22,28-29,31H,17-18H2,1-8H3,(H2,39,40)(H,41,43). The fraction of sp³-hybridized carbons (Fsp3) is 0.432. The number of fused-ring (bicyclic) bond motifs is 1. The molecular weight excluding hydrogens is 648 g/mol. The molecule has 11 heteroatoms. The van der Waals surface area contributed by atoms with Gasteiger partial charge in [0, 0.05) is 34.8 Å². The molecule has 0 saturated heterocycles. The van der Waals surface area contributed by atoms with E-state index in [4.69, 9.17) is 22.1 Å². The van der Waals surface area contributed by atoms with E-state index in [2.05, 4.69) is 58.2 Å². The minimum absolute atomic E-state index is 0.0655. The molecule has 2 atom stereocenters. The lowest BCUT2D eigenvalue weighted by molar-refractivity contribution is -0.0922. The number of nitrogens with zero attached hydrogens (tertiary/aromatic N) is 2. The summed E-state index contributed by atoms with van der Waals surface area (Å²) in [5, 5.41) is 0.528. The molecule has 0 spiro atoms. The van der Waals surface area contributed by atoms with Crippen LogP contribution in [0.5, 0.6) is 0 Å². The summed E-state index contributed by atoms with van der Waals surface area (Å²) in [7, 11) is -4.19. The highest BCUT2D eigenvalue weighted by molar-refractivity contribution is 7.90. The first-order valence-corrected chi connectivity index (χ1v) is 18.0. The number of carbonyl (C=O) groups excluding carboxylic acids is 2. The molecular formula is C37H45ClN4O5S. The van der Waals surface area contributed by atoms with Crippen molar-refractivity contribution in [2.45, 2.75) is 79.2 Å². The fourth-order valence-corrected chi connectivity index (χ4v) is 7.93. The molecule has 4 aromatic rings. The Labute approximate surface area is 288 Å². The molecule has 0 radical (unpaired) electrons. The van der Waals surface area contributed by atoms with E-state index in [1.807, 2.05) is 6.92 Å².